The van der Waals surface area contributed by atoms with Gasteiger partial charge in [-0.05, 0) is 19.2 Å². The number of nitrogens with two attached hydrogens (primary N) is 1. The monoisotopic (exact) mass is 221 g/mol. The molecule has 1 fully saturated rings. The largest absolute Gasteiger partial charge is 0.397 e. The van der Waals surface area contributed by atoms with Crippen molar-refractivity contribution in [2.45, 2.75) is 6.04 Å². The van der Waals surface area contributed by atoms with Gasteiger partial charge in [0.1, 0.15) is 5.82 Å². The Morgan fingerprint density at radius 1 is 1.62 bits per heavy atom. The van der Waals surface area contributed by atoms with Crippen LogP contribution >= 0.6 is 0 Å². The highest BCUT2D eigenvalue weighted by Crippen LogP contribution is 2.07. The smallest absolute Gasteiger partial charge is 0.126 e. The van der Waals surface area contributed by atoms with Crippen molar-refractivity contribution in [3.8, 4) is 0 Å². The molecule has 0 saturated carbocycles. The molecule has 0 spiro atoms. The average molecular weight is 221 g/mol. The molecule has 1 unspecified atom stereocenters. The van der Waals surface area contributed by atoms with Crippen LogP contribution in [0, 0.1) is 0 Å². The standard InChI is InChI=1S/C11H19N5/c1-16-5-4-13-7-10(16)8-15-11-3-2-9(12)6-14-11/h2-3,6,10,13H,4-5,7-8,12H2,1H3,(H,14,15). The summed E-state index contributed by atoms with van der Waals surface area (Å²) in [5.74, 6) is 0.883. The lowest BCUT2D eigenvalue weighted by molar-refractivity contribution is 0.209. The van der Waals surface area contributed by atoms with Gasteiger partial charge in [0.2, 0.25) is 0 Å². The molecule has 0 bridgehead atoms. The summed E-state index contributed by atoms with van der Waals surface area (Å²) in [7, 11) is 2.16. The third-order valence-corrected chi connectivity index (χ3v) is 2.95. The predicted octanol–water partition coefficient (Wildman–Crippen LogP) is -0.0207. The molecule has 0 amide bonds. The second-order valence-corrected chi connectivity index (χ2v) is 4.20. The third-order valence-electron chi connectivity index (χ3n) is 2.95. The number of likely N-dealkylation sites (N-methyl/N-ethyl adjacent to an activating group) is 1. The Bertz CT molecular complexity index is 324. The molecule has 2 rings (SSSR count). The zero-order valence-electron chi connectivity index (χ0n) is 9.61. The summed E-state index contributed by atoms with van der Waals surface area (Å²) in [4.78, 5) is 6.57. The lowest BCUT2D eigenvalue weighted by Gasteiger charge is -2.33. The normalized spacial score (nSPS) is 21.9. The summed E-state index contributed by atoms with van der Waals surface area (Å²) < 4.78 is 0. The molecule has 4 N–H and O–H groups in total. The molecule has 1 aromatic heterocycles. The van der Waals surface area contributed by atoms with E-state index in [9.17, 15) is 0 Å². The molecule has 5 heteroatoms. The zero-order chi connectivity index (χ0) is 11.4. The Balaban J connectivity index is 1.84. The van der Waals surface area contributed by atoms with Gasteiger partial charge >= 0.3 is 0 Å². The van der Waals surface area contributed by atoms with Crippen molar-refractivity contribution < 1.29 is 0 Å². The average Bonchev–Trinajstić information content (AvgIpc) is 2.30. The maximum absolute atomic E-state index is 5.58. The molecule has 1 atom stereocenters. The van der Waals surface area contributed by atoms with E-state index in [1.165, 1.54) is 0 Å². The van der Waals surface area contributed by atoms with Crippen molar-refractivity contribution in [3.05, 3.63) is 18.3 Å². The van der Waals surface area contributed by atoms with Crippen LogP contribution in [-0.2, 0) is 0 Å². The van der Waals surface area contributed by atoms with Crippen LogP contribution in [0.25, 0.3) is 0 Å². The minimum absolute atomic E-state index is 0.521. The molecule has 0 aromatic carbocycles. The second-order valence-electron chi connectivity index (χ2n) is 4.20. The summed E-state index contributed by atoms with van der Waals surface area (Å²) >= 11 is 0. The van der Waals surface area contributed by atoms with E-state index in [1.807, 2.05) is 12.1 Å². The molecule has 2 heterocycles. The molecule has 1 saturated heterocycles. The van der Waals surface area contributed by atoms with Gasteiger partial charge in [-0.15, -0.1) is 0 Å². The molecule has 16 heavy (non-hydrogen) atoms. The van der Waals surface area contributed by atoms with Gasteiger partial charge in [-0.25, -0.2) is 4.98 Å². The highest BCUT2D eigenvalue weighted by Gasteiger charge is 2.17. The quantitative estimate of drug-likeness (QED) is 0.669. The maximum Gasteiger partial charge on any atom is 0.126 e. The predicted molar refractivity (Wildman–Crippen MR) is 66.4 cm³/mol. The van der Waals surface area contributed by atoms with Crippen molar-refractivity contribution in [1.29, 1.82) is 0 Å². The Labute approximate surface area is 96.0 Å². The Morgan fingerprint density at radius 2 is 2.50 bits per heavy atom. The first-order valence-electron chi connectivity index (χ1n) is 5.62. The number of nitrogens with one attached hydrogen (secondary N) is 2. The number of nitrogen functional groups attached to an aromatic ring is 1. The first-order valence-corrected chi connectivity index (χ1v) is 5.62. The maximum atomic E-state index is 5.58. The van der Waals surface area contributed by atoms with Gasteiger partial charge in [0, 0.05) is 32.2 Å². The van der Waals surface area contributed by atoms with E-state index in [1.54, 1.807) is 6.20 Å². The van der Waals surface area contributed by atoms with Crippen LogP contribution in [0.15, 0.2) is 18.3 Å². The number of piperazine rings is 1. The Morgan fingerprint density at radius 3 is 3.19 bits per heavy atom. The number of hydrogen-bond donors (Lipinski definition) is 3. The summed E-state index contributed by atoms with van der Waals surface area (Å²) in [6.07, 6.45) is 1.67. The van der Waals surface area contributed by atoms with Crippen molar-refractivity contribution in [3.63, 3.8) is 0 Å². The summed E-state index contributed by atoms with van der Waals surface area (Å²) in [5, 5.41) is 6.71. The number of rotatable bonds is 3. The number of hydrogen-bond acceptors (Lipinski definition) is 5. The van der Waals surface area contributed by atoms with Crippen molar-refractivity contribution >= 4 is 11.5 Å². The molecule has 0 aliphatic carbocycles. The van der Waals surface area contributed by atoms with E-state index < -0.39 is 0 Å². The van der Waals surface area contributed by atoms with Crippen molar-refractivity contribution in [2.75, 3.05) is 44.3 Å². The third kappa shape index (κ3) is 2.84. The summed E-state index contributed by atoms with van der Waals surface area (Å²) in [5.41, 5.74) is 6.28. The van der Waals surface area contributed by atoms with Crippen LogP contribution in [0.4, 0.5) is 11.5 Å². The Kier molecular flexibility index (Phi) is 3.58. The lowest BCUT2D eigenvalue weighted by Crippen LogP contribution is -2.52. The highest BCUT2D eigenvalue weighted by molar-refractivity contribution is 5.43. The topological polar surface area (TPSA) is 66.2 Å². The van der Waals surface area contributed by atoms with Gasteiger partial charge in [-0.1, -0.05) is 0 Å². The number of anilines is 2. The first-order chi connectivity index (χ1) is 7.75. The molecule has 0 radical (unpaired) electrons. The second kappa shape index (κ2) is 5.14. The molecule has 88 valence electrons. The van der Waals surface area contributed by atoms with E-state index in [0.29, 0.717) is 11.7 Å². The van der Waals surface area contributed by atoms with Gasteiger partial charge in [0.25, 0.3) is 0 Å². The van der Waals surface area contributed by atoms with E-state index >= 15 is 0 Å². The van der Waals surface area contributed by atoms with Gasteiger partial charge in [0.05, 0.1) is 11.9 Å². The van der Waals surface area contributed by atoms with E-state index in [2.05, 4.69) is 27.6 Å². The summed E-state index contributed by atoms with van der Waals surface area (Å²) in [6, 6.07) is 4.29. The number of pyridine rings is 1. The first kappa shape index (κ1) is 11.2. The van der Waals surface area contributed by atoms with Gasteiger partial charge < -0.3 is 16.4 Å². The number of aromatic nitrogens is 1. The van der Waals surface area contributed by atoms with Crippen LogP contribution in [0.5, 0.6) is 0 Å². The fourth-order valence-electron chi connectivity index (χ4n) is 1.82. The van der Waals surface area contributed by atoms with Crippen LogP contribution in [0.1, 0.15) is 0 Å². The van der Waals surface area contributed by atoms with E-state index in [-0.39, 0.29) is 0 Å². The van der Waals surface area contributed by atoms with Crippen molar-refractivity contribution in [1.82, 2.24) is 15.2 Å². The molecule has 1 aliphatic rings. The zero-order valence-corrected chi connectivity index (χ0v) is 9.61. The van der Waals surface area contributed by atoms with Crippen molar-refractivity contribution in [2.24, 2.45) is 0 Å². The van der Waals surface area contributed by atoms with Gasteiger partial charge in [-0.2, -0.15) is 0 Å². The Hall–Kier alpha value is -1.33. The van der Waals surface area contributed by atoms with E-state index in [4.69, 9.17) is 5.73 Å². The van der Waals surface area contributed by atoms with Crippen LogP contribution < -0.4 is 16.4 Å². The summed E-state index contributed by atoms with van der Waals surface area (Å²) in [6.45, 7) is 4.10. The minimum Gasteiger partial charge on any atom is -0.397 e. The fourth-order valence-corrected chi connectivity index (χ4v) is 1.82. The minimum atomic E-state index is 0.521. The van der Waals surface area contributed by atoms with Crippen LogP contribution in [0.2, 0.25) is 0 Å². The van der Waals surface area contributed by atoms with E-state index in [0.717, 1.165) is 32.0 Å². The lowest BCUT2D eigenvalue weighted by atomic mass is 10.2. The van der Waals surface area contributed by atoms with Gasteiger partial charge in [0.15, 0.2) is 0 Å². The number of nitrogens with zero attached hydrogens (tertiary/aromatic N) is 2. The molecule has 5 nitrogen and oxygen atoms in total. The van der Waals surface area contributed by atoms with Gasteiger partial charge in [-0.3, -0.25) is 4.90 Å². The molecular weight excluding hydrogens is 202 g/mol. The highest BCUT2D eigenvalue weighted by atomic mass is 15.2. The fraction of sp³-hybridized carbons (Fsp3) is 0.545. The molecular formula is C11H19N5. The SMILES string of the molecule is CN1CCNCC1CNc1ccc(N)cn1. The molecule has 1 aliphatic heterocycles. The molecule has 1 aromatic rings. The van der Waals surface area contributed by atoms with Crippen LogP contribution in [-0.4, -0.2) is 49.2 Å². The van der Waals surface area contributed by atoms with Crippen LogP contribution in [0.3, 0.4) is 0 Å².